The van der Waals surface area contributed by atoms with Crippen LogP contribution >= 0.6 is 11.3 Å². The molecule has 1 unspecified atom stereocenters. The molecule has 0 radical (unpaired) electrons. The van der Waals surface area contributed by atoms with Crippen molar-refractivity contribution in [2.75, 3.05) is 13.1 Å². The molecule has 1 aliphatic heterocycles. The fourth-order valence-electron chi connectivity index (χ4n) is 1.94. The molecular weight excluding hydrogens is 262 g/mol. The Morgan fingerprint density at radius 3 is 3.16 bits per heavy atom. The Hall–Kier alpha value is -1.86. The van der Waals surface area contributed by atoms with Gasteiger partial charge in [0.2, 0.25) is 0 Å². The summed E-state index contributed by atoms with van der Waals surface area (Å²) >= 11 is 1.40. The average Bonchev–Trinajstić information content (AvgIpc) is 3.10. The molecule has 0 spiro atoms. The predicted octanol–water partition coefficient (Wildman–Crippen LogP) is 0.692. The number of hydrogen-bond acceptors (Lipinski definition) is 6. The highest BCUT2D eigenvalue weighted by atomic mass is 32.1. The summed E-state index contributed by atoms with van der Waals surface area (Å²) < 4.78 is 0. The highest BCUT2D eigenvalue weighted by Gasteiger charge is 2.19. The fraction of sp³-hybridized carbons (Fsp3) is 0.333. The minimum Gasteiger partial charge on any atom is -0.347 e. The second-order valence-electron chi connectivity index (χ2n) is 4.29. The van der Waals surface area contributed by atoms with Gasteiger partial charge >= 0.3 is 0 Å². The molecule has 0 bridgehead atoms. The molecule has 1 aliphatic rings. The summed E-state index contributed by atoms with van der Waals surface area (Å²) in [6.45, 7) is 1.78. The Morgan fingerprint density at radius 1 is 1.47 bits per heavy atom. The Bertz CT molecular complexity index is 565. The van der Waals surface area contributed by atoms with Gasteiger partial charge in [0, 0.05) is 30.4 Å². The summed E-state index contributed by atoms with van der Waals surface area (Å²) in [7, 11) is 0. The van der Waals surface area contributed by atoms with E-state index < -0.39 is 0 Å². The van der Waals surface area contributed by atoms with E-state index >= 15 is 0 Å². The van der Waals surface area contributed by atoms with Crippen molar-refractivity contribution in [3.8, 4) is 10.7 Å². The van der Waals surface area contributed by atoms with E-state index in [9.17, 15) is 4.79 Å². The van der Waals surface area contributed by atoms with Crippen LogP contribution in [0.2, 0.25) is 0 Å². The molecule has 6 nitrogen and oxygen atoms in total. The lowest BCUT2D eigenvalue weighted by molar-refractivity contribution is 0.0936. The van der Waals surface area contributed by atoms with E-state index in [1.54, 1.807) is 24.0 Å². The quantitative estimate of drug-likeness (QED) is 0.861. The molecule has 7 heteroatoms. The van der Waals surface area contributed by atoms with Crippen LogP contribution in [0, 0.1) is 0 Å². The van der Waals surface area contributed by atoms with Crippen molar-refractivity contribution >= 4 is 17.2 Å². The lowest BCUT2D eigenvalue weighted by atomic mass is 10.2. The average molecular weight is 275 g/mol. The van der Waals surface area contributed by atoms with Gasteiger partial charge in [0.1, 0.15) is 16.4 Å². The molecule has 3 rings (SSSR count). The molecule has 1 amide bonds. The lowest BCUT2D eigenvalue weighted by Gasteiger charge is -2.09. The molecule has 0 saturated carbocycles. The third-order valence-electron chi connectivity index (χ3n) is 2.91. The Labute approximate surface area is 114 Å². The van der Waals surface area contributed by atoms with Crippen LogP contribution in [0.25, 0.3) is 10.7 Å². The SMILES string of the molecule is O=C(NC1CCNC1)c1csc(-c2cnccn2)n1. The first-order valence-corrected chi connectivity index (χ1v) is 6.94. The number of hydrogen-bond donors (Lipinski definition) is 2. The van der Waals surface area contributed by atoms with Gasteiger partial charge in [-0.15, -0.1) is 11.3 Å². The highest BCUT2D eigenvalue weighted by Crippen LogP contribution is 2.20. The second kappa shape index (κ2) is 5.41. The van der Waals surface area contributed by atoms with Crippen LogP contribution in [-0.2, 0) is 0 Å². The lowest BCUT2D eigenvalue weighted by Crippen LogP contribution is -2.36. The van der Waals surface area contributed by atoms with Gasteiger partial charge in [-0.1, -0.05) is 0 Å². The molecule has 2 N–H and O–H groups in total. The number of carbonyl (C=O) groups excluding carboxylic acids is 1. The van der Waals surface area contributed by atoms with Crippen molar-refractivity contribution in [3.63, 3.8) is 0 Å². The Kier molecular flexibility index (Phi) is 3.47. The van der Waals surface area contributed by atoms with Gasteiger partial charge < -0.3 is 10.6 Å². The van der Waals surface area contributed by atoms with Gasteiger partial charge in [-0.25, -0.2) is 4.98 Å². The number of aromatic nitrogens is 3. The summed E-state index contributed by atoms with van der Waals surface area (Å²) in [5, 5.41) is 8.64. The van der Waals surface area contributed by atoms with E-state index in [4.69, 9.17) is 0 Å². The zero-order valence-corrected chi connectivity index (χ0v) is 11.0. The van der Waals surface area contributed by atoms with Crippen LogP contribution < -0.4 is 10.6 Å². The van der Waals surface area contributed by atoms with Crippen LogP contribution in [0.3, 0.4) is 0 Å². The van der Waals surface area contributed by atoms with E-state index in [1.165, 1.54) is 11.3 Å². The smallest absolute Gasteiger partial charge is 0.271 e. The third kappa shape index (κ3) is 2.77. The maximum absolute atomic E-state index is 12.0. The normalized spacial score (nSPS) is 18.4. The van der Waals surface area contributed by atoms with Gasteiger partial charge in [0.25, 0.3) is 5.91 Å². The standard InChI is InChI=1S/C12H13N5OS/c18-11(16-8-1-2-13-5-8)10-7-19-12(17-10)9-6-14-3-4-15-9/h3-4,6-8,13H,1-2,5H2,(H,16,18). The summed E-state index contributed by atoms with van der Waals surface area (Å²) in [5.74, 6) is -0.125. The van der Waals surface area contributed by atoms with Gasteiger partial charge in [-0.3, -0.25) is 14.8 Å². The van der Waals surface area contributed by atoms with E-state index in [0.29, 0.717) is 16.4 Å². The van der Waals surface area contributed by atoms with E-state index in [0.717, 1.165) is 19.5 Å². The van der Waals surface area contributed by atoms with Gasteiger partial charge in [0.05, 0.1) is 6.20 Å². The minimum atomic E-state index is -0.125. The largest absolute Gasteiger partial charge is 0.347 e. The van der Waals surface area contributed by atoms with E-state index in [1.807, 2.05) is 0 Å². The first-order valence-electron chi connectivity index (χ1n) is 6.06. The Morgan fingerprint density at radius 2 is 2.42 bits per heavy atom. The maximum atomic E-state index is 12.0. The molecule has 3 heterocycles. The first kappa shape index (κ1) is 12.2. The van der Waals surface area contributed by atoms with Crippen molar-refractivity contribution in [3.05, 3.63) is 29.7 Å². The number of nitrogens with zero attached hydrogens (tertiary/aromatic N) is 3. The molecule has 1 atom stereocenters. The molecule has 1 fully saturated rings. The fourth-order valence-corrected chi connectivity index (χ4v) is 2.70. The molecular formula is C12H13N5OS. The monoisotopic (exact) mass is 275 g/mol. The van der Waals surface area contributed by atoms with Crippen LogP contribution in [0.5, 0.6) is 0 Å². The van der Waals surface area contributed by atoms with Gasteiger partial charge in [-0.2, -0.15) is 0 Å². The molecule has 2 aromatic heterocycles. The second-order valence-corrected chi connectivity index (χ2v) is 5.15. The van der Waals surface area contributed by atoms with Crippen molar-refractivity contribution in [2.24, 2.45) is 0 Å². The van der Waals surface area contributed by atoms with Crippen molar-refractivity contribution in [1.82, 2.24) is 25.6 Å². The molecule has 1 saturated heterocycles. The molecule has 0 aromatic carbocycles. The highest BCUT2D eigenvalue weighted by molar-refractivity contribution is 7.13. The number of amides is 1. The summed E-state index contributed by atoms with van der Waals surface area (Å²) in [6, 6.07) is 0.203. The van der Waals surface area contributed by atoms with E-state index in [2.05, 4.69) is 25.6 Å². The summed E-state index contributed by atoms with van der Waals surface area (Å²) in [6.07, 6.45) is 5.83. The zero-order chi connectivity index (χ0) is 13.1. The molecule has 0 aliphatic carbocycles. The van der Waals surface area contributed by atoms with Crippen molar-refractivity contribution in [2.45, 2.75) is 12.5 Å². The predicted molar refractivity (Wildman–Crippen MR) is 71.9 cm³/mol. The molecule has 19 heavy (non-hydrogen) atoms. The van der Waals surface area contributed by atoms with Crippen molar-refractivity contribution < 1.29 is 4.79 Å². The third-order valence-corrected chi connectivity index (χ3v) is 3.78. The number of nitrogens with one attached hydrogen (secondary N) is 2. The van der Waals surface area contributed by atoms with Crippen LogP contribution in [0.15, 0.2) is 24.0 Å². The van der Waals surface area contributed by atoms with Crippen molar-refractivity contribution in [1.29, 1.82) is 0 Å². The zero-order valence-electron chi connectivity index (χ0n) is 10.2. The van der Waals surface area contributed by atoms with Crippen LogP contribution in [0.4, 0.5) is 0 Å². The van der Waals surface area contributed by atoms with Gasteiger partial charge in [-0.05, 0) is 13.0 Å². The van der Waals surface area contributed by atoms with Gasteiger partial charge in [0.15, 0.2) is 0 Å². The number of thiazole rings is 1. The summed E-state index contributed by atoms with van der Waals surface area (Å²) in [5.41, 5.74) is 1.13. The topological polar surface area (TPSA) is 79.8 Å². The summed E-state index contributed by atoms with van der Waals surface area (Å²) in [4.78, 5) is 24.5. The number of carbonyl (C=O) groups is 1. The minimum absolute atomic E-state index is 0.125. The van der Waals surface area contributed by atoms with Crippen LogP contribution in [-0.4, -0.2) is 40.0 Å². The van der Waals surface area contributed by atoms with Crippen LogP contribution in [0.1, 0.15) is 16.9 Å². The maximum Gasteiger partial charge on any atom is 0.271 e. The Balaban J connectivity index is 1.72. The molecule has 98 valence electrons. The molecule has 2 aromatic rings. The van der Waals surface area contributed by atoms with E-state index in [-0.39, 0.29) is 11.9 Å². The number of rotatable bonds is 3. The first-order chi connectivity index (χ1) is 9.33.